The lowest BCUT2D eigenvalue weighted by atomic mass is 10.1. The number of hydrogen-bond donors (Lipinski definition) is 1. The predicted molar refractivity (Wildman–Crippen MR) is 57.8 cm³/mol. The largest absolute Gasteiger partial charge is 0.369 e. The summed E-state index contributed by atoms with van der Waals surface area (Å²) in [6.45, 7) is 1.73. The lowest BCUT2D eigenvalue weighted by Crippen LogP contribution is -2.19. The Balaban J connectivity index is 2.61. The number of imidazole rings is 1. The van der Waals surface area contributed by atoms with Crippen LogP contribution in [0.2, 0.25) is 5.02 Å². The molecule has 0 aromatic carbocycles. The molecule has 0 bridgehead atoms. The van der Waals surface area contributed by atoms with Gasteiger partial charge in [0, 0.05) is 11.2 Å². The Morgan fingerprint density at radius 2 is 2.40 bits per heavy atom. The van der Waals surface area contributed by atoms with Crippen molar-refractivity contribution in [3.8, 4) is 0 Å². The van der Waals surface area contributed by atoms with Crippen molar-refractivity contribution in [2.45, 2.75) is 12.8 Å². The van der Waals surface area contributed by atoms with E-state index < -0.39 is 11.8 Å². The maximum Gasteiger partial charge on any atom is 0.226 e. The van der Waals surface area contributed by atoms with Crippen molar-refractivity contribution in [2.24, 2.45) is 5.73 Å². The van der Waals surface area contributed by atoms with Crippen molar-refractivity contribution >= 4 is 23.0 Å². The van der Waals surface area contributed by atoms with Crippen LogP contribution >= 0.6 is 11.6 Å². The summed E-state index contributed by atoms with van der Waals surface area (Å²) >= 11 is 5.87. The van der Waals surface area contributed by atoms with Gasteiger partial charge in [0.25, 0.3) is 0 Å². The molecular weight excluding hydrogens is 214 g/mol. The first kappa shape index (κ1) is 9.98. The van der Waals surface area contributed by atoms with Crippen molar-refractivity contribution in [3.05, 3.63) is 35.4 Å². The Morgan fingerprint density at radius 1 is 1.67 bits per heavy atom. The summed E-state index contributed by atoms with van der Waals surface area (Å²) in [5.74, 6) is -0.802. The van der Waals surface area contributed by atoms with Crippen LogP contribution in [0.25, 0.3) is 5.52 Å². The number of amides is 1. The van der Waals surface area contributed by atoms with Gasteiger partial charge in [0.15, 0.2) is 0 Å². The smallest absolute Gasteiger partial charge is 0.226 e. The quantitative estimate of drug-likeness (QED) is 0.840. The van der Waals surface area contributed by atoms with Crippen LogP contribution in [-0.2, 0) is 4.79 Å². The van der Waals surface area contributed by atoms with E-state index in [1.165, 1.54) is 0 Å². The first-order valence-corrected chi connectivity index (χ1v) is 4.89. The van der Waals surface area contributed by atoms with Gasteiger partial charge in [-0.25, -0.2) is 4.98 Å². The number of carbonyl (C=O) groups is 1. The molecule has 0 aliphatic rings. The van der Waals surface area contributed by atoms with Crippen molar-refractivity contribution < 1.29 is 4.79 Å². The lowest BCUT2D eigenvalue weighted by molar-refractivity contribution is -0.119. The third-order valence-corrected chi connectivity index (χ3v) is 2.60. The van der Waals surface area contributed by atoms with E-state index in [1.807, 2.05) is 0 Å². The number of fused-ring (bicyclic) bond motifs is 1. The molecule has 0 saturated carbocycles. The fraction of sp³-hybridized carbons (Fsp3) is 0.200. The highest BCUT2D eigenvalue weighted by Gasteiger charge is 2.17. The van der Waals surface area contributed by atoms with Gasteiger partial charge in [-0.15, -0.1) is 0 Å². The molecule has 5 heteroatoms. The summed E-state index contributed by atoms with van der Waals surface area (Å²) in [7, 11) is 0. The van der Waals surface area contributed by atoms with Gasteiger partial charge in [-0.2, -0.15) is 0 Å². The van der Waals surface area contributed by atoms with Gasteiger partial charge in [0.05, 0.1) is 23.5 Å². The van der Waals surface area contributed by atoms with E-state index in [1.54, 1.807) is 36.0 Å². The predicted octanol–water partition coefficient (Wildman–Crippen LogP) is 1.58. The Bertz CT molecular complexity index is 520. The Morgan fingerprint density at radius 3 is 3.07 bits per heavy atom. The average Bonchev–Trinajstić information content (AvgIpc) is 2.59. The zero-order chi connectivity index (χ0) is 11.0. The number of aromatic nitrogens is 2. The highest BCUT2D eigenvalue weighted by molar-refractivity contribution is 6.30. The van der Waals surface area contributed by atoms with Crippen molar-refractivity contribution in [1.82, 2.24) is 9.38 Å². The molecule has 2 N–H and O–H groups in total. The summed E-state index contributed by atoms with van der Waals surface area (Å²) in [4.78, 5) is 15.2. The van der Waals surface area contributed by atoms with Crippen LogP contribution in [0.5, 0.6) is 0 Å². The Kier molecular flexibility index (Phi) is 2.36. The highest BCUT2D eigenvalue weighted by Crippen LogP contribution is 2.21. The van der Waals surface area contributed by atoms with Crippen molar-refractivity contribution in [3.63, 3.8) is 0 Å². The Hall–Kier alpha value is -1.55. The van der Waals surface area contributed by atoms with E-state index >= 15 is 0 Å². The van der Waals surface area contributed by atoms with E-state index in [0.717, 1.165) is 5.52 Å². The summed E-state index contributed by atoms with van der Waals surface area (Å²) in [6.07, 6.45) is 3.43. The summed E-state index contributed by atoms with van der Waals surface area (Å²) < 4.78 is 1.81. The van der Waals surface area contributed by atoms with Crippen LogP contribution in [0.3, 0.4) is 0 Å². The molecule has 4 nitrogen and oxygen atoms in total. The van der Waals surface area contributed by atoms with E-state index in [9.17, 15) is 4.79 Å². The second kappa shape index (κ2) is 3.55. The molecule has 0 saturated heterocycles. The molecule has 0 radical (unpaired) electrons. The summed E-state index contributed by atoms with van der Waals surface area (Å²) in [6, 6.07) is 3.53. The number of primary amides is 1. The first-order valence-electron chi connectivity index (χ1n) is 4.51. The normalized spacial score (nSPS) is 12.9. The molecule has 15 heavy (non-hydrogen) atoms. The highest BCUT2D eigenvalue weighted by atomic mass is 35.5. The third kappa shape index (κ3) is 1.68. The van der Waals surface area contributed by atoms with Crippen LogP contribution in [-0.4, -0.2) is 15.3 Å². The fourth-order valence-electron chi connectivity index (χ4n) is 1.45. The van der Waals surface area contributed by atoms with Crippen LogP contribution in [0, 0.1) is 0 Å². The molecular formula is C10H10ClN3O. The van der Waals surface area contributed by atoms with Gasteiger partial charge in [-0.1, -0.05) is 11.6 Å². The standard InChI is InChI=1S/C10H10ClN3O/c1-6(10(12)15)9-8-4-7(11)2-3-14(8)5-13-9/h2-6H,1H3,(H2,12,15). The monoisotopic (exact) mass is 223 g/mol. The number of halogens is 1. The second-order valence-corrected chi connectivity index (χ2v) is 3.83. The van der Waals surface area contributed by atoms with Crippen molar-refractivity contribution in [1.29, 1.82) is 0 Å². The molecule has 2 heterocycles. The lowest BCUT2D eigenvalue weighted by Gasteiger charge is -2.04. The van der Waals surface area contributed by atoms with Gasteiger partial charge in [0.2, 0.25) is 5.91 Å². The number of carbonyl (C=O) groups excluding carboxylic acids is 1. The van der Waals surface area contributed by atoms with Crippen LogP contribution in [0.1, 0.15) is 18.5 Å². The van der Waals surface area contributed by atoms with Gasteiger partial charge in [-0.3, -0.25) is 4.79 Å². The van der Waals surface area contributed by atoms with Crippen LogP contribution < -0.4 is 5.73 Å². The minimum Gasteiger partial charge on any atom is -0.369 e. The number of nitrogens with zero attached hydrogens (tertiary/aromatic N) is 2. The zero-order valence-electron chi connectivity index (χ0n) is 8.14. The molecule has 0 aliphatic carbocycles. The second-order valence-electron chi connectivity index (χ2n) is 3.39. The molecule has 1 atom stereocenters. The molecule has 0 aliphatic heterocycles. The molecule has 2 aromatic heterocycles. The Labute approximate surface area is 91.7 Å². The van der Waals surface area contributed by atoms with Gasteiger partial charge >= 0.3 is 0 Å². The van der Waals surface area contributed by atoms with E-state index in [-0.39, 0.29) is 0 Å². The van der Waals surface area contributed by atoms with Crippen LogP contribution in [0.15, 0.2) is 24.7 Å². The SMILES string of the molecule is CC(C(N)=O)c1ncn2ccc(Cl)cc12. The van der Waals surface area contributed by atoms with Crippen molar-refractivity contribution in [2.75, 3.05) is 0 Å². The summed E-state index contributed by atoms with van der Waals surface area (Å²) in [5.41, 5.74) is 6.71. The molecule has 1 amide bonds. The fourth-order valence-corrected chi connectivity index (χ4v) is 1.61. The number of pyridine rings is 1. The molecule has 2 aromatic rings. The number of rotatable bonds is 2. The van der Waals surface area contributed by atoms with E-state index in [4.69, 9.17) is 17.3 Å². The molecule has 2 rings (SSSR count). The molecule has 0 fully saturated rings. The van der Waals surface area contributed by atoms with Gasteiger partial charge in [-0.05, 0) is 19.1 Å². The van der Waals surface area contributed by atoms with Gasteiger partial charge in [0.1, 0.15) is 0 Å². The topological polar surface area (TPSA) is 60.4 Å². The number of nitrogens with two attached hydrogens (primary N) is 1. The van der Waals surface area contributed by atoms with E-state index in [0.29, 0.717) is 10.7 Å². The number of hydrogen-bond acceptors (Lipinski definition) is 2. The van der Waals surface area contributed by atoms with Crippen LogP contribution in [0.4, 0.5) is 0 Å². The molecule has 1 unspecified atom stereocenters. The van der Waals surface area contributed by atoms with Gasteiger partial charge < -0.3 is 10.1 Å². The molecule has 78 valence electrons. The van der Waals surface area contributed by atoms with E-state index in [2.05, 4.69) is 4.98 Å². The third-order valence-electron chi connectivity index (χ3n) is 2.37. The maximum atomic E-state index is 11.1. The zero-order valence-corrected chi connectivity index (χ0v) is 8.90. The molecule has 0 spiro atoms. The summed E-state index contributed by atoms with van der Waals surface area (Å²) in [5, 5.41) is 0.612. The minimum absolute atomic E-state index is 0.393. The first-order chi connectivity index (χ1) is 7.09. The average molecular weight is 224 g/mol. The minimum atomic E-state index is -0.409. The maximum absolute atomic E-state index is 11.1.